The second-order valence-corrected chi connectivity index (χ2v) is 8.19. The van der Waals surface area contributed by atoms with Crippen LogP contribution in [-0.2, 0) is 4.79 Å². The van der Waals surface area contributed by atoms with Gasteiger partial charge in [-0.05, 0) is 32.0 Å². The number of aromatic nitrogens is 4. The molecular weight excluding hydrogens is 465 g/mol. The van der Waals surface area contributed by atoms with Gasteiger partial charge < -0.3 is 15.3 Å². The molecule has 0 spiro atoms. The second kappa shape index (κ2) is 10.6. The Morgan fingerprint density at radius 1 is 1.17 bits per heavy atom. The highest BCUT2D eigenvalue weighted by Gasteiger charge is 2.38. The zero-order valence-electron chi connectivity index (χ0n) is 19.4. The molecule has 1 fully saturated rings. The molecule has 1 amide bonds. The molecule has 35 heavy (non-hydrogen) atoms. The van der Waals surface area contributed by atoms with Crippen LogP contribution in [0.4, 0.5) is 13.2 Å². The molecule has 0 aliphatic carbocycles. The van der Waals surface area contributed by atoms with Crippen molar-refractivity contribution in [2.75, 3.05) is 26.7 Å². The minimum absolute atomic E-state index is 0.0951. The Kier molecular flexibility index (Phi) is 7.85. The molecule has 9 nitrogen and oxygen atoms in total. The van der Waals surface area contributed by atoms with Crippen LogP contribution in [0.15, 0.2) is 42.7 Å². The van der Waals surface area contributed by atoms with Crippen LogP contribution < -0.4 is 5.32 Å². The Morgan fingerprint density at radius 3 is 2.34 bits per heavy atom. The van der Waals surface area contributed by atoms with Crippen LogP contribution in [-0.4, -0.2) is 74.5 Å². The fourth-order valence-corrected chi connectivity index (χ4v) is 3.42. The van der Waals surface area contributed by atoms with Crippen LogP contribution >= 0.6 is 0 Å². The molecule has 12 heteroatoms. The number of nitrogens with one attached hydrogen (secondary N) is 1. The van der Waals surface area contributed by atoms with Crippen LogP contribution in [0.1, 0.15) is 21.9 Å². The number of carboxylic acids is 1. The maximum Gasteiger partial charge on any atom is 0.490 e. The number of amides is 1. The lowest BCUT2D eigenvalue weighted by atomic mass is 10.0. The van der Waals surface area contributed by atoms with E-state index in [2.05, 4.69) is 20.4 Å². The largest absolute Gasteiger partial charge is 0.490 e. The summed E-state index contributed by atoms with van der Waals surface area (Å²) >= 11 is 0. The molecule has 1 saturated heterocycles. The third-order valence-corrected chi connectivity index (χ3v) is 5.25. The summed E-state index contributed by atoms with van der Waals surface area (Å²) in [7, 11) is 1.81. The van der Waals surface area contributed by atoms with Crippen molar-refractivity contribution in [3.63, 3.8) is 0 Å². The third kappa shape index (κ3) is 6.63. The summed E-state index contributed by atoms with van der Waals surface area (Å²) in [6, 6.07) is 10.0. The molecule has 3 heterocycles. The number of aryl methyl sites for hydroxylation is 2. The van der Waals surface area contributed by atoms with Gasteiger partial charge in [-0.2, -0.15) is 18.3 Å². The van der Waals surface area contributed by atoms with Gasteiger partial charge in [0.05, 0.1) is 29.5 Å². The molecule has 0 bridgehead atoms. The first-order valence-electron chi connectivity index (χ1n) is 10.7. The zero-order chi connectivity index (χ0) is 25.8. The third-order valence-electron chi connectivity index (χ3n) is 5.25. The average Bonchev–Trinajstić information content (AvgIpc) is 3.13. The van der Waals surface area contributed by atoms with E-state index in [0.717, 1.165) is 48.0 Å². The standard InChI is InChI=1S/C21H24N6O.C2HF3O2/c1-14-7-15(2)27(25-14)18-6-4-5-17(8-18)19-11-24-20(12-23-19)21(28)26(3)13-16-9-22-10-16;3-2(4,5)1(6)7/h4-8,11-12,16,22H,9-10,13H2,1-3H3;(H,6,7). The molecule has 1 aliphatic rings. The SMILES string of the molecule is Cc1cc(C)n(-c2cccc(-c3cnc(C(=O)N(C)CC4CNC4)cn3)c2)n1.O=C(O)C(F)(F)F. The predicted molar refractivity (Wildman–Crippen MR) is 121 cm³/mol. The summed E-state index contributed by atoms with van der Waals surface area (Å²) < 4.78 is 33.6. The lowest BCUT2D eigenvalue weighted by Crippen LogP contribution is -2.48. The van der Waals surface area contributed by atoms with Crippen molar-refractivity contribution < 1.29 is 27.9 Å². The summed E-state index contributed by atoms with van der Waals surface area (Å²) in [5, 5.41) is 14.9. The fourth-order valence-electron chi connectivity index (χ4n) is 3.42. The first-order chi connectivity index (χ1) is 16.5. The lowest BCUT2D eigenvalue weighted by molar-refractivity contribution is -0.192. The summed E-state index contributed by atoms with van der Waals surface area (Å²) in [6.45, 7) is 6.68. The lowest BCUT2D eigenvalue weighted by Gasteiger charge is -2.31. The molecule has 1 aliphatic heterocycles. The summed E-state index contributed by atoms with van der Waals surface area (Å²) in [5.41, 5.74) is 5.06. The number of halogens is 3. The van der Waals surface area contributed by atoms with E-state index in [9.17, 15) is 18.0 Å². The molecule has 2 aromatic heterocycles. The van der Waals surface area contributed by atoms with E-state index in [4.69, 9.17) is 9.90 Å². The predicted octanol–water partition coefficient (Wildman–Crippen LogP) is 2.87. The molecule has 0 radical (unpaired) electrons. The number of nitrogens with zero attached hydrogens (tertiary/aromatic N) is 5. The van der Waals surface area contributed by atoms with E-state index < -0.39 is 12.1 Å². The van der Waals surface area contributed by atoms with Crippen molar-refractivity contribution >= 4 is 11.9 Å². The number of hydrogen-bond donors (Lipinski definition) is 2. The van der Waals surface area contributed by atoms with E-state index in [1.165, 1.54) is 0 Å². The molecule has 186 valence electrons. The van der Waals surface area contributed by atoms with Gasteiger partial charge >= 0.3 is 12.1 Å². The van der Waals surface area contributed by atoms with Gasteiger partial charge in [-0.3, -0.25) is 9.78 Å². The van der Waals surface area contributed by atoms with Crippen molar-refractivity contribution in [2.24, 2.45) is 5.92 Å². The first-order valence-corrected chi connectivity index (χ1v) is 10.7. The summed E-state index contributed by atoms with van der Waals surface area (Å²) in [4.78, 5) is 32.0. The van der Waals surface area contributed by atoms with Crippen molar-refractivity contribution in [1.82, 2.24) is 30.0 Å². The summed E-state index contributed by atoms with van der Waals surface area (Å²) in [5.74, 6) is -2.33. The Labute approximate surface area is 199 Å². The Balaban J connectivity index is 0.000000429. The molecular formula is C23H25F3N6O3. The number of carbonyl (C=O) groups is 2. The highest BCUT2D eigenvalue weighted by Crippen LogP contribution is 2.21. The van der Waals surface area contributed by atoms with Crippen LogP contribution in [0.3, 0.4) is 0 Å². The van der Waals surface area contributed by atoms with Crippen molar-refractivity contribution in [2.45, 2.75) is 20.0 Å². The monoisotopic (exact) mass is 490 g/mol. The van der Waals surface area contributed by atoms with Crippen LogP contribution in [0, 0.1) is 19.8 Å². The highest BCUT2D eigenvalue weighted by molar-refractivity contribution is 5.92. The Hall–Kier alpha value is -3.80. The molecule has 3 aromatic rings. The fraction of sp³-hybridized carbons (Fsp3) is 0.348. The number of alkyl halides is 3. The summed E-state index contributed by atoms with van der Waals surface area (Å²) in [6.07, 6.45) is -1.87. The molecule has 4 rings (SSSR count). The minimum atomic E-state index is -5.08. The molecule has 1 aromatic carbocycles. The van der Waals surface area contributed by atoms with Crippen LogP contribution in [0.2, 0.25) is 0 Å². The van der Waals surface area contributed by atoms with Gasteiger partial charge in [-0.25, -0.2) is 14.5 Å². The van der Waals surface area contributed by atoms with E-state index >= 15 is 0 Å². The molecule has 2 N–H and O–H groups in total. The smallest absolute Gasteiger partial charge is 0.475 e. The number of carboxylic acid groups (broad SMARTS) is 1. The molecule has 0 unspecified atom stereocenters. The van der Waals surface area contributed by atoms with E-state index in [-0.39, 0.29) is 5.91 Å². The van der Waals surface area contributed by atoms with Crippen molar-refractivity contribution in [3.8, 4) is 16.9 Å². The number of rotatable bonds is 5. The Bertz CT molecular complexity index is 1190. The van der Waals surface area contributed by atoms with Gasteiger partial charge in [0.2, 0.25) is 0 Å². The van der Waals surface area contributed by atoms with Gasteiger partial charge in [0.1, 0.15) is 5.69 Å². The molecule has 0 atom stereocenters. The van der Waals surface area contributed by atoms with Gasteiger partial charge in [-0.15, -0.1) is 0 Å². The van der Waals surface area contributed by atoms with Gasteiger partial charge in [0.15, 0.2) is 0 Å². The zero-order valence-corrected chi connectivity index (χ0v) is 19.4. The van der Waals surface area contributed by atoms with E-state index in [1.54, 1.807) is 17.3 Å². The second-order valence-electron chi connectivity index (χ2n) is 8.19. The van der Waals surface area contributed by atoms with Crippen LogP contribution in [0.5, 0.6) is 0 Å². The van der Waals surface area contributed by atoms with Gasteiger partial charge in [0, 0.05) is 43.9 Å². The van der Waals surface area contributed by atoms with E-state index in [0.29, 0.717) is 11.6 Å². The average molecular weight is 490 g/mol. The van der Waals surface area contributed by atoms with Crippen LogP contribution in [0.25, 0.3) is 16.9 Å². The highest BCUT2D eigenvalue weighted by atomic mass is 19.4. The van der Waals surface area contributed by atoms with E-state index in [1.807, 2.05) is 55.9 Å². The number of benzene rings is 1. The van der Waals surface area contributed by atoms with Gasteiger partial charge in [-0.1, -0.05) is 12.1 Å². The first kappa shape index (κ1) is 25.8. The maximum atomic E-state index is 12.5. The normalized spacial score (nSPS) is 13.4. The quantitative estimate of drug-likeness (QED) is 0.566. The topological polar surface area (TPSA) is 113 Å². The maximum absolute atomic E-state index is 12.5. The number of hydrogen-bond acceptors (Lipinski definition) is 6. The number of carbonyl (C=O) groups excluding carboxylic acids is 1. The Morgan fingerprint density at radius 2 is 1.86 bits per heavy atom. The van der Waals surface area contributed by atoms with Gasteiger partial charge in [0.25, 0.3) is 5.91 Å². The molecule has 0 saturated carbocycles. The minimum Gasteiger partial charge on any atom is -0.475 e. The van der Waals surface area contributed by atoms with Crippen molar-refractivity contribution in [1.29, 1.82) is 0 Å². The van der Waals surface area contributed by atoms with Crippen molar-refractivity contribution in [3.05, 3.63) is 59.8 Å². The number of aliphatic carboxylic acids is 1.